The number of nitrogens with two attached hydrogens (primary N) is 1. The summed E-state index contributed by atoms with van der Waals surface area (Å²) in [5.41, 5.74) is 5.31. The molecule has 0 spiro atoms. The number of aliphatic hydroxyl groups excluding tert-OH is 1. The summed E-state index contributed by atoms with van der Waals surface area (Å²) in [5, 5.41) is 11.0. The molecule has 1 aromatic heterocycles. The molecule has 0 radical (unpaired) electrons. The summed E-state index contributed by atoms with van der Waals surface area (Å²) in [5.74, 6) is 0.101. The zero-order valence-corrected chi connectivity index (χ0v) is 10.5. The van der Waals surface area contributed by atoms with Crippen molar-refractivity contribution in [2.75, 3.05) is 25.1 Å². The Labute approximate surface area is 113 Å². The number of aliphatic hydroxyl groups is 1. The lowest BCUT2D eigenvalue weighted by Crippen LogP contribution is -2.26. The first-order valence-corrected chi connectivity index (χ1v) is 5.75. The van der Waals surface area contributed by atoms with Crippen LogP contribution in [0.2, 0.25) is 0 Å². The molecule has 1 aromatic rings. The van der Waals surface area contributed by atoms with Crippen molar-refractivity contribution in [1.82, 2.24) is 4.98 Å². The first-order chi connectivity index (χ1) is 9.40. The molecule has 0 saturated carbocycles. The van der Waals surface area contributed by atoms with Gasteiger partial charge in [-0.2, -0.15) is 18.2 Å². The Kier molecular flexibility index (Phi) is 6.04. The predicted molar refractivity (Wildman–Crippen MR) is 67.6 cm³/mol. The Morgan fingerprint density at radius 3 is 2.85 bits per heavy atom. The SMILES string of the molecule is NC(=NCC(F)(F)F)Nc1cccc(OCCCO)n1. The molecule has 6 nitrogen and oxygen atoms in total. The quantitative estimate of drug-likeness (QED) is 0.415. The van der Waals surface area contributed by atoms with Crippen LogP contribution < -0.4 is 15.8 Å². The van der Waals surface area contributed by atoms with Crippen LogP contribution in [0.5, 0.6) is 5.88 Å². The molecule has 0 aliphatic rings. The zero-order valence-electron chi connectivity index (χ0n) is 10.5. The van der Waals surface area contributed by atoms with E-state index in [2.05, 4.69) is 15.3 Å². The molecule has 112 valence electrons. The van der Waals surface area contributed by atoms with E-state index in [-0.39, 0.29) is 30.9 Å². The lowest BCUT2D eigenvalue weighted by atomic mass is 10.4. The van der Waals surface area contributed by atoms with Gasteiger partial charge in [0.05, 0.1) is 6.61 Å². The lowest BCUT2D eigenvalue weighted by molar-refractivity contribution is -0.118. The van der Waals surface area contributed by atoms with Crippen molar-refractivity contribution < 1.29 is 23.0 Å². The highest BCUT2D eigenvalue weighted by atomic mass is 19.4. The van der Waals surface area contributed by atoms with Crippen LogP contribution in [0.25, 0.3) is 0 Å². The molecule has 0 aromatic carbocycles. The van der Waals surface area contributed by atoms with Crippen LogP contribution in [-0.2, 0) is 0 Å². The van der Waals surface area contributed by atoms with Crippen LogP contribution in [0.1, 0.15) is 6.42 Å². The van der Waals surface area contributed by atoms with E-state index in [1.165, 1.54) is 6.07 Å². The minimum Gasteiger partial charge on any atom is -0.478 e. The maximum Gasteiger partial charge on any atom is 0.408 e. The fourth-order valence-corrected chi connectivity index (χ4v) is 1.15. The molecule has 1 rings (SSSR count). The fraction of sp³-hybridized carbons (Fsp3) is 0.455. The van der Waals surface area contributed by atoms with E-state index in [0.29, 0.717) is 6.42 Å². The number of anilines is 1. The molecule has 4 N–H and O–H groups in total. The van der Waals surface area contributed by atoms with E-state index < -0.39 is 12.7 Å². The van der Waals surface area contributed by atoms with Crippen LogP contribution in [0.4, 0.5) is 19.0 Å². The van der Waals surface area contributed by atoms with Crippen LogP contribution in [-0.4, -0.2) is 42.0 Å². The summed E-state index contributed by atoms with van der Waals surface area (Å²) in [6.07, 6.45) is -3.95. The molecule has 0 amide bonds. The molecule has 1 heterocycles. The Morgan fingerprint density at radius 2 is 2.20 bits per heavy atom. The normalized spacial score (nSPS) is 12.3. The maximum atomic E-state index is 11.9. The summed E-state index contributed by atoms with van der Waals surface area (Å²) in [4.78, 5) is 7.11. The summed E-state index contributed by atoms with van der Waals surface area (Å²) in [6, 6.07) is 4.68. The number of aromatic nitrogens is 1. The minimum absolute atomic E-state index is 0.00497. The summed E-state index contributed by atoms with van der Waals surface area (Å²) in [6.45, 7) is -1.09. The first kappa shape index (κ1) is 16.0. The Balaban J connectivity index is 2.57. The second-order valence-corrected chi connectivity index (χ2v) is 3.73. The van der Waals surface area contributed by atoms with E-state index in [1.807, 2.05) is 0 Å². The van der Waals surface area contributed by atoms with Gasteiger partial charge in [-0.3, -0.25) is 0 Å². The number of aliphatic imine (C=N–C) groups is 1. The number of hydrogen-bond acceptors (Lipinski definition) is 4. The van der Waals surface area contributed by atoms with Crippen molar-refractivity contribution in [3.05, 3.63) is 18.2 Å². The monoisotopic (exact) mass is 292 g/mol. The number of hydrogen-bond donors (Lipinski definition) is 3. The Hall–Kier alpha value is -2.03. The molecule has 0 aliphatic carbocycles. The third-order valence-corrected chi connectivity index (χ3v) is 1.96. The van der Waals surface area contributed by atoms with E-state index in [9.17, 15) is 13.2 Å². The number of ether oxygens (including phenoxy) is 1. The molecule has 20 heavy (non-hydrogen) atoms. The van der Waals surface area contributed by atoms with Gasteiger partial charge in [-0.1, -0.05) is 6.07 Å². The highest BCUT2D eigenvalue weighted by molar-refractivity contribution is 5.91. The number of rotatable bonds is 6. The van der Waals surface area contributed by atoms with Gasteiger partial charge in [-0.25, -0.2) is 4.99 Å². The summed E-state index contributed by atoms with van der Waals surface area (Å²) >= 11 is 0. The molecule has 0 saturated heterocycles. The fourth-order valence-electron chi connectivity index (χ4n) is 1.15. The van der Waals surface area contributed by atoms with E-state index in [4.69, 9.17) is 15.6 Å². The second-order valence-electron chi connectivity index (χ2n) is 3.73. The van der Waals surface area contributed by atoms with Gasteiger partial charge >= 0.3 is 6.18 Å². The molecule has 0 aliphatic heterocycles. The van der Waals surface area contributed by atoms with Gasteiger partial charge in [0.2, 0.25) is 5.88 Å². The largest absolute Gasteiger partial charge is 0.478 e. The van der Waals surface area contributed by atoms with Gasteiger partial charge in [0.1, 0.15) is 12.4 Å². The van der Waals surface area contributed by atoms with Crippen molar-refractivity contribution in [2.24, 2.45) is 10.7 Å². The van der Waals surface area contributed by atoms with Gasteiger partial charge < -0.3 is 20.9 Å². The molecular formula is C11H15F3N4O2. The lowest BCUT2D eigenvalue weighted by Gasteiger charge is -2.08. The molecule has 0 fully saturated rings. The van der Waals surface area contributed by atoms with Crippen molar-refractivity contribution in [2.45, 2.75) is 12.6 Å². The van der Waals surface area contributed by atoms with Gasteiger partial charge in [0, 0.05) is 19.1 Å². The molecule has 9 heteroatoms. The smallest absolute Gasteiger partial charge is 0.408 e. The Morgan fingerprint density at radius 1 is 1.45 bits per heavy atom. The second kappa shape index (κ2) is 7.53. The third-order valence-electron chi connectivity index (χ3n) is 1.96. The highest BCUT2D eigenvalue weighted by Crippen LogP contribution is 2.15. The number of halogens is 3. The van der Waals surface area contributed by atoms with Gasteiger partial charge in [-0.05, 0) is 6.07 Å². The number of pyridine rings is 1. The standard InChI is InChI=1S/C11H15F3N4O2/c12-11(13,14)7-16-10(15)18-8-3-1-4-9(17-8)20-6-2-5-19/h1,3-4,19H,2,5-7H2,(H3,15,16,17,18). The topological polar surface area (TPSA) is 92.8 Å². The van der Waals surface area contributed by atoms with Crippen LogP contribution in [0.15, 0.2) is 23.2 Å². The van der Waals surface area contributed by atoms with Crippen molar-refractivity contribution >= 4 is 11.8 Å². The van der Waals surface area contributed by atoms with Crippen molar-refractivity contribution in [1.29, 1.82) is 0 Å². The van der Waals surface area contributed by atoms with E-state index in [0.717, 1.165) is 0 Å². The highest BCUT2D eigenvalue weighted by Gasteiger charge is 2.26. The van der Waals surface area contributed by atoms with Gasteiger partial charge in [-0.15, -0.1) is 0 Å². The van der Waals surface area contributed by atoms with Crippen LogP contribution in [0, 0.1) is 0 Å². The number of alkyl halides is 3. The van der Waals surface area contributed by atoms with Crippen molar-refractivity contribution in [3.63, 3.8) is 0 Å². The molecule has 0 bridgehead atoms. The summed E-state index contributed by atoms with van der Waals surface area (Å²) < 4.78 is 41.0. The Bertz CT molecular complexity index is 452. The van der Waals surface area contributed by atoms with Gasteiger partial charge in [0.25, 0.3) is 0 Å². The van der Waals surface area contributed by atoms with E-state index in [1.54, 1.807) is 12.1 Å². The maximum absolute atomic E-state index is 11.9. The summed E-state index contributed by atoms with van der Waals surface area (Å²) in [7, 11) is 0. The van der Waals surface area contributed by atoms with Crippen LogP contribution in [0.3, 0.4) is 0 Å². The first-order valence-electron chi connectivity index (χ1n) is 5.75. The van der Waals surface area contributed by atoms with Crippen molar-refractivity contribution in [3.8, 4) is 5.88 Å². The van der Waals surface area contributed by atoms with E-state index >= 15 is 0 Å². The predicted octanol–water partition coefficient (Wildman–Crippen LogP) is 1.13. The third kappa shape index (κ3) is 6.78. The van der Waals surface area contributed by atoms with Gasteiger partial charge in [0.15, 0.2) is 5.96 Å². The minimum atomic E-state index is -4.41. The average molecular weight is 292 g/mol. The van der Waals surface area contributed by atoms with Crippen LogP contribution >= 0.6 is 0 Å². The average Bonchev–Trinajstić information content (AvgIpc) is 2.36. The molecule has 0 atom stereocenters. The zero-order chi connectivity index (χ0) is 15.0. The molecular weight excluding hydrogens is 277 g/mol. The number of nitrogens with zero attached hydrogens (tertiary/aromatic N) is 2. The molecule has 0 unspecified atom stereocenters. The number of guanidine groups is 1. The number of nitrogens with one attached hydrogen (secondary N) is 1.